The van der Waals surface area contributed by atoms with E-state index in [1.165, 1.54) is 5.39 Å². The number of fused-ring (bicyclic) bond motifs is 1. The van der Waals surface area contributed by atoms with E-state index in [1.807, 2.05) is 18.2 Å². The Morgan fingerprint density at radius 3 is 2.83 bits per heavy atom. The summed E-state index contributed by atoms with van der Waals surface area (Å²) in [4.78, 5) is 16.3. The number of Topliss-reactive ketones (excluding diaryl/α,β-unsaturated/α-hetero) is 1. The number of nitrogens with zero attached hydrogens (tertiary/aromatic N) is 1. The van der Waals surface area contributed by atoms with E-state index in [1.54, 1.807) is 0 Å². The summed E-state index contributed by atoms with van der Waals surface area (Å²) in [6, 6.07) is 12.4. The van der Waals surface area contributed by atoms with Gasteiger partial charge in [-0.15, -0.1) is 0 Å². The van der Waals surface area contributed by atoms with E-state index >= 15 is 0 Å². The normalized spacial score (nSPS) is 23.7. The summed E-state index contributed by atoms with van der Waals surface area (Å²) >= 11 is 0. The molecule has 0 radical (unpaired) electrons. The second-order valence-corrected chi connectivity index (χ2v) is 5.25. The lowest BCUT2D eigenvalue weighted by Gasteiger charge is -2.13. The van der Waals surface area contributed by atoms with Crippen molar-refractivity contribution in [1.29, 1.82) is 0 Å². The Morgan fingerprint density at radius 2 is 2.06 bits per heavy atom. The van der Waals surface area contributed by atoms with Crippen LogP contribution in [0.25, 0.3) is 10.9 Å². The van der Waals surface area contributed by atoms with Crippen molar-refractivity contribution >= 4 is 16.7 Å². The predicted molar refractivity (Wildman–Crippen MR) is 72.3 cm³/mol. The van der Waals surface area contributed by atoms with Gasteiger partial charge in [0.15, 0.2) is 0 Å². The van der Waals surface area contributed by atoms with E-state index < -0.39 is 0 Å². The zero-order chi connectivity index (χ0) is 12.5. The van der Waals surface area contributed by atoms with Crippen LogP contribution in [-0.4, -0.2) is 10.8 Å². The Bertz CT molecular complexity index is 590. The predicted octanol–water partition coefficient (Wildman–Crippen LogP) is 3.39. The fourth-order valence-electron chi connectivity index (χ4n) is 2.84. The van der Waals surface area contributed by atoms with Gasteiger partial charge in [0.25, 0.3) is 0 Å². The zero-order valence-electron chi connectivity index (χ0n) is 10.6. The Hall–Kier alpha value is -1.70. The summed E-state index contributed by atoms with van der Waals surface area (Å²) in [5, 5.41) is 1.18. The van der Waals surface area contributed by atoms with Gasteiger partial charge in [-0.25, -0.2) is 0 Å². The summed E-state index contributed by atoms with van der Waals surface area (Å²) in [5.74, 6) is 1.10. The van der Waals surface area contributed by atoms with Crippen molar-refractivity contribution in [1.82, 2.24) is 4.98 Å². The highest BCUT2D eigenvalue weighted by atomic mass is 16.1. The van der Waals surface area contributed by atoms with Crippen LogP contribution < -0.4 is 0 Å². The number of carbonyl (C=O) groups excluding carboxylic acids is 1. The molecule has 0 saturated heterocycles. The summed E-state index contributed by atoms with van der Waals surface area (Å²) in [6.07, 6.45) is 2.70. The van der Waals surface area contributed by atoms with Crippen LogP contribution in [0, 0.1) is 11.8 Å². The maximum Gasteiger partial charge on any atom is 0.136 e. The first-order valence-electron chi connectivity index (χ1n) is 6.61. The van der Waals surface area contributed by atoms with E-state index in [2.05, 4.69) is 30.1 Å². The van der Waals surface area contributed by atoms with Gasteiger partial charge in [-0.2, -0.15) is 0 Å². The van der Waals surface area contributed by atoms with E-state index in [-0.39, 0.29) is 5.92 Å². The first-order chi connectivity index (χ1) is 8.74. The molecule has 3 rings (SSSR count). The molecule has 0 N–H and O–H groups in total. The smallest absolute Gasteiger partial charge is 0.136 e. The molecule has 0 bridgehead atoms. The summed E-state index contributed by atoms with van der Waals surface area (Å²) in [5.41, 5.74) is 2.16. The average Bonchev–Trinajstić information content (AvgIpc) is 2.71. The van der Waals surface area contributed by atoms with Crippen LogP contribution in [0.3, 0.4) is 0 Å². The number of pyridine rings is 1. The van der Waals surface area contributed by atoms with Crippen LogP contribution in [-0.2, 0) is 11.2 Å². The Labute approximate surface area is 107 Å². The van der Waals surface area contributed by atoms with Gasteiger partial charge in [0.2, 0.25) is 0 Å². The van der Waals surface area contributed by atoms with Gasteiger partial charge in [-0.1, -0.05) is 31.2 Å². The monoisotopic (exact) mass is 239 g/mol. The lowest BCUT2D eigenvalue weighted by molar-refractivity contribution is -0.120. The minimum absolute atomic E-state index is 0.207. The van der Waals surface area contributed by atoms with Crippen LogP contribution in [0.15, 0.2) is 36.4 Å². The minimum Gasteiger partial charge on any atom is -0.299 e. The van der Waals surface area contributed by atoms with Crippen LogP contribution in [0.5, 0.6) is 0 Å². The maximum absolute atomic E-state index is 11.6. The van der Waals surface area contributed by atoms with Crippen molar-refractivity contribution in [3.8, 4) is 0 Å². The van der Waals surface area contributed by atoms with Crippen LogP contribution in [0.4, 0.5) is 0 Å². The topological polar surface area (TPSA) is 30.0 Å². The number of carbonyl (C=O) groups is 1. The molecule has 18 heavy (non-hydrogen) atoms. The van der Waals surface area contributed by atoms with Gasteiger partial charge in [-0.05, 0) is 30.9 Å². The molecule has 2 nitrogen and oxygen atoms in total. The van der Waals surface area contributed by atoms with Gasteiger partial charge in [-0.3, -0.25) is 9.78 Å². The minimum atomic E-state index is 0.207. The number of ketones is 1. The Morgan fingerprint density at radius 1 is 1.22 bits per heavy atom. The van der Waals surface area contributed by atoms with E-state index in [9.17, 15) is 4.79 Å². The first kappa shape index (κ1) is 11.4. The van der Waals surface area contributed by atoms with Crippen LogP contribution >= 0.6 is 0 Å². The molecule has 1 aliphatic carbocycles. The van der Waals surface area contributed by atoms with Gasteiger partial charge < -0.3 is 0 Å². The molecule has 0 spiro atoms. The van der Waals surface area contributed by atoms with Crippen molar-refractivity contribution < 1.29 is 4.79 Å². The van der Waals surface area contributed by atoms with E-state index in [0.717, 1.165) is 30.5 Å². The van der Waals surface area contributed by atoms with Crippen molar-refractivity contribution in [2.75, 3.05) is 0 Å². The van der Waals surface area contributed by atoms with E-state index in [0.29, 0.717) is 11.7 Å². The third kappa shape index (κ3) is 2.03. The number of aromatic nitrogens is 1. The molecule has 2 unspecified atom stereocenters. The van der Waals surface area contributed by atoms with Crippen molar-refractivity contribution in [3.05, 3.63) is 42.1 Å². The van der Waals surface area contributed by atoms with Crippen molar-refractivity contribution in [2.24, 2.45) is 11.8 Å². The second-order valence-electron chi connectivity index (χ2n) is 5.25. The molecule has 1 aliphatic rings. The number of hydrogen-bond donors (Lipinski definition) is 0. The fraction of sp³-hybridized carbons (Fsp3) is 0.375. The summed E-state index contributed by atoms with van der Waals surface area (Å²) in [7, 11) is 0. The molecular formula is C16H17NO. The quantitative estimate of drug-likeness (QED) is 0.804. The fourth-order valence-corrected chi connectivity index (χ4v) is 2.84. The molecule has 1 aromatic carbocycles. The molecule has 92 valence electrons. The van der Waals surface area contributed by atoms with Gasteiger partial charge in [0.05, 0.1) is 5.52 Å². The lowest BCUT2D eigenvalue weighted by atomic mass is 9.92. The van der Waals surface area contributed by atoms with Gasteiger partial charge >= 0.3 is 0 Å². The largest absolute Gasteiger partial charge is 0.299 e. The van der Waals surface area contributed by atoms with Gasteiger partial charge in [0.1, 0.15) is 5.78 Å². The van der Waals surface area contributed by atoms with Crippen LogP contribution in [0.1, 0.15) is 25.5 Å². The van der Waals surface area contributed by atoms with E-state index in [4.69, 9.17) is 0 Å². The molecule has 0 aliphatic heterocycles. The molecule has 2 atom stereocenters. The molecule has 1 fully saturated rings. The highest BCUT2D eigenvalue weighted by Gasteiger charge is 2.30. The lowest BCUT2D eigenvalue weighted by Crippen LogP contribution is -2.13. The SMILES string of the molecule is CC1C(=O)CCC1Cc1ccc2ccccc2n1. The molecule has 1 aromatic heterocycles. The Balaban J connectivity index is 1.85. The molecule has 1 heterocycles. The molecule has 2 aromatic rings. The average molecular weight is 239 g/mol. The molecule has 2 heteroatoms. The third-order valence-electron chi connectivity index (χ3n) is 4.10. The van der Waals surface area contributed by atoms with Crippen molar-refractivity contribution in [2.45, 2.75) is 26.2 Å². The molecule has 1 saturated carbocycles. The summed E-state index contributed by atoms with van der Waals surface area (Å²) in [6.45, 7) is 2.06. The number of para-hydroxylation sites is 1. The third-order valence-corrected chi connectivity index (χ3v) is 4.10. The molecular weight excluding hydrogens is 222 g/mol. The standard InChI is InChI=1S/C16H17NO/c1-11-13(7-9-16(11)18)10-14-8-6-12-4-2-3-5-15(12)17-14/h2-6,8,11,13H,7,9-10H2,1H3. The molecule has 0 amide bonds. The zero-order valence-corrected chi connectivity index (χ0v) is 10.6. The Kier molecular flexibility index (Phi) is 2.86. The van der Waals surface area contributed by atoms with Gasteiger partial charge in [0, 0.05) is 23.4 Å². The summed E-state index contributed by atoms with van der Waals surface area (Å²) < 4.78 is 0. The number of benzene rings is 1. The van der Waals surface area contributed by atoms with Crippen molar-refractivity contribution in [3.63, 3.8) is 0 Å². The highest BCUT2D eigenvalue weighted by Crippen LogP contribution is 2.31. The first-order valence-corrected chi connectivity index (χ1v) is 6.61. The highest BCUT2D eigenvalue weighted by molar-refractivity contribution is 5.83. The van der Waals surface area contributed by atoms with Crippen LogP contribution in [0.2, 0.25) is 0 Å². The maximum atomic E-state index is 11.6. The number of rotatable bonds is 2. The number of hydrogen-bond acceptors (Lipinski definition) is 2. The second kappa shape index (κ2) is 4.52.